The van der Waals surface area contributed by atoms with Gasteiger partial charge in [0, 0.05) is 17.9 Å². The number of aliphatic carboxylic acids is 1. The van der Waals surface area contributed by atoms with Crippen LogP contribution in [-0.4, -0.2) is 45.2 Å². The van der Waals surface area contributed by atoms with E-state index in [2.05, 4.69) is 10.00 Å². The fourth-order valence-electron chi connectivity index (χ4n) is 3.33. The van der Waals surface area contributed by atoms with Crippen LogP contribution < -0.4 is 20.8 Å². The van der Waals surface area contributed by atoms with E-state index in [4.69, 9.17) is 5.73 Å². The van der Waals surface area contributed by atoms with Gasteiger partial charge in [0.15, 0.2) is 18.6 Å². The molecule has 24 heavy (non-hydrogen) atoms. The van der Waals surface area contributed by atoms with Gasteiger partial charge in [-0.25, -0.2) is 0 Å². The second kappa shape index (κ2) is 6.30. The molecule has 4 heterocycles. The molecule has 3 aliphatic heterocycles. The molecule has 3 aliphatic rings. The fraction of sp³-hybridized carbons (Fsp3) is 0.500. The second-order valence-corrected chi connectivity index (χ2v) is 6.98. The SMILES string of the molecule is Cl.N[C@@H]1C(=O)N2C(C(=O)[O-])=C(C[n+]3ccc4n3CCCN4)CS[C@H]12. The summed E-state index contributed by atoms with van der Waals surface area (Å²) in [6, 6.07) is 1.36. The van der Waals surface area contributed by atoms with Gasteiger partial charge in [-0.1, -0.05) is 0 Å². The largest absolute Gasteiger partial charge is 0.543 e. The maximum absolute atomic E-state index is 11.9. The zero-order chi connectivity index (χ0) is 16.1. The molecule has 2 atom stereocenters. The molecule has 3 N–H and O–H groups in total. The Bertz CT molecular complexity index is 734. The van der Waals surface area contributed by atoms with Crippen LogP contribution in [0.15, 0.2) is 23.5 Å². The van der Waals surface area contributed by atoms with Crippen molar-refractivity contribution in [3.8, 4) is 0 Å². The van der Waals surface area contributed by atoms with Crippen molar-refractivity contribution in [3.05, 3.63) is 23.5 Å². The number of carboxylic acid groups (broad SMARTS) is 1. The number of nitrogens with one attached hydrogen (secondary N) is 1. The predicted octanol–water partition coefficient (Wildman–Crippen LogP) is -1.74. The molecule has 1 amide bonds. The first-order valence-corrected chi connectivity index (χ1v) is 8.59. The monoisotopic (exact) mass is 371 g/mol. The minimum absolute atomic E-state index is 0. The number of hydrogen-bond acceptors (Lipinski definition) is 6. The fourth-order valence-corrected chi connectivity index (χ4v) is 4.61. The molecule has 130 valence electrons. The molecule has 0 aliphatic carbocycles. The van der Waals surface area contributed by atoms with Crippen molar-refractivity contribution in [2.75, 3.05) is 17.6 Å². The number of carbonyl (C=O) groups excluding carboxylic acids is 2. The van der Waals surface area contributed by atoms with Crippen molar-refractivity contribution >= 4 is 41.9 Å². The van der Waals surface area contributed by atoms with Gasteiger partial charge in [0.05, 0.1) is 24.3 Å². The summed E-state index contributed by atoms with van der Waals surface area (Å²) < 4.78 is 4.06. The van der Waals surface area contributed by atoms with Crippen LogP contribution in [0.1, 0.15) is 6.42 Å². The number of amides is 1. The van der Waals surface area contributed by atoms with E-state index in [9.17, 15) is 14.7 Å². The van der Waals surface area contributed by atoms with Crippen molar-refractivity contribution in [3.63, 3.8) is 0 Å². The van der Waals surface area contributed by atoms with Crippen LogP contribution >= 0.6 is 24.2 Å². The molecule has 8 nitrogen and oxygen atoms in total. The number of halogens is 1. The van der Waals surface area contributed by atoms with Crippen molar-refractivity contribution in [1.82, 2.24) is 9.58 Å². The van der Waals surface area contributed by atoms with E-state index in [0.717, 1.165) is 25.3 Å². The van der Waals surface area contributed by atoms with E-state index in [-0.39, 0.29) is 29.4 Å². The third kappa shape index (κ3) is 2.47. The Hall–Kier alpha value is -1.71. The van der Waals surface area contributed by atoms with Gasteiger partial charge in [-0.2, -0.15) is 0 Å². The van der Waals surface area contributed by atoms with Gasteiger partial charge in [0.25, 0.3) is 0 Å². The minimum atomic E-state index is -1.31. The molecule has 1 fully saturated rings. The Morgan fingerprint density at radius 3 is 3.08 bits per heavy atom. The first-order chi connectivity index (χ1) is 11.1. The van der Waals surface area contributed by atoms with Crippen LogP contribution in [-0.2, 0) is 22.7 Å². The van der Waals surface area contributed by atoms with Crippen molar-refractivity contribution in [2.24, 2.45) is 5.73 Å². The zero-order valence-electron chi connectivity index (χ0n) is 12.8. The van der Waals surface area contributed by atoms with E-state index in [0.29, 0.717) is 17.9 Å². The third-order valence-corrected chi connectivity index (χ3v) is 5.84. The maximum atomic E-state index is 11.9. The normalized spacial score (nSPS) is 25.2. The lowest BCUT2D eigenvalue weighted by molar-refractivity contribution is -0.768. The molecule has 0 saturated carbocycles. The summed E-state index contributed by atoms with van der Waals surface area (Å²) in [4.78, 5) is 24.8. The Morgan fingerprint density at radius 2 is 2.33 bits per heavy atom. The zero-order valence-corrected chi connectivity index (χ0v) is 14.4. The summed E-state index contributed by atoms with van der Waals surface area (Å²) in [6.07, 6.45) is 2.94. The highest BCUT2D eigenvalue weighted by atomic mass is 35.5. The number of hydrogen-bond donors (Lipinski definition) is 2. The molecule has 1 saturated heterocycles. The van der Waals surface area contributed by atoms with Crippen molar-refractivity contribution < 1.29 is 19.4 Å². The number of nitrogens with two attached hydrogens (primary N) is 1. The Labute approximate surface area is 149 Å². The standard InChI is InChI=1S/C14H17N5O3S.ClH/c15-10-12(20)19-11(14(21)22)8(7-23-13(10)19)6-17-5-2-9-16-3-1-4-18(9)17;/h2,5,10,13H,1,3-4,6-7,15H2,(H,21,22);1H/t10-,13-;/m1./s1. The minimum Gasteiger partial charge on any atom is -0.543 e. The number of anilines is 1. The van der Waals surface area contributed by atoms with Crippen LogP contribution in [0.4, 0.5) is 5.82 Å². The number of rotatable bonds is 3. The Morgan fingerprint density at radius 1 is 1.54 bits per heavy atom. The number of aromatic nitrogens is 2. The summed E-state index contributed by atoms with van der Waals surface area (Å²) in [6.45, 7) is 2.24. The summed E-state index contributed by atoms with van der Waals surface area (Å²) in [7, 11) is 0. The Kier molecular flexibility index (Phi) is 4.50. The number of carboxylic acids is 1. The van der Waals surface area contributed by atoms with E-state index < -0.39 is 12.0 Å². The molecule has 0 bridgehead atoms. The molecule has 0 aromatic carbocycles. The van der Waals surface area contributed by atoms with Crippen molar-refractivity contribution in [1.29, 1.82) is 0 Å². The van der Waals surface area contributed by atoms with Gasteiger partial charge in [0.1, 0.15) is 11.4 Å². The molecule has 10 heteroatoms. The number of nitrogens with zero attached hydrogens (tertiary/aromatic N) is 3. The first-order valence-electron chi connectivity index (χ1n) is 7.54. The van der Waals surface area contributed by atoms with Crippen LogP contribution in [0.25, 0.3) is 0 Å². The van der Waals surface area contributed by atoms with Crippen LogP contribution in [0, 0.1) is 0 Å². The third-order valence-electron chi connectivity index (χ3n) is 4.48. The highest BCUT2D eigenvalue weighted by Crippen LogP contribution is 2.39. The van der Waals surface area contributed by atoms with Gasteiger partial charge in [-0.15, -0.1) is 33.5 Å². The highest BCUT2D eigenvalue weighted by molar-refractivity contribution is 8.00. The molecular weight excluding hydrogens is 354 g/mol. The first kappa shape index (κ1) is 17.1. The topological polar surface area (TPSA) is 107 Å². The lowest BCUT2D eigenvalue weighted by Gasteiger charge is -2.49. The molecule has 0 radical (unpaired) electrons. The van der Waals surface area contributed by atoms with E-state index in [1.54, 1.807) is 0 Å². The molecular formula is C14H18ClN5O3S. The number of fused-ring (bicyclic) bond motifs is 2. The molecule has 4 rings (SSSR count). The molecule has 0 spiro atoms. The highest BCUT2D eigenvalue weighted by Gasteiger charge is 2.50. The van der Waals surface area contributed by atoms with Gasteiger partial charge >= 0.3 is 0 Å². The van der Waals surface area contributed by atoms with Crippen LogP contribution in [0.2, 0.25) is 0 Å². The number of β-lactam (4-membered cyclic amide) rings is 1. The van der Waals surface area contributed by atoms with Crippen molar-refractivity contribution in [2.45, 2.75) is 30.9 Å². The number of carbonyl (C=O) groups is 2. The Balaban J connectivity index is 0.00000169. The molecule has 0 unspecified atom stereocenters. The number of thioether (sulfide) groups is 1. The van der Waals surface area contributed by atoms with E-state index >= 15 is 0 Å². The molecule has 1 aromatic rings. The maximum Gasteiger partial charge on any atom is 0.248 e. The van der Waals surface area contributed by atoms with Gasteiger partial charge in [-0.3, -0.25) is 9.69 Å². The second-order valence-electron chi connectivity index (χ2n) is 5.88. The smallest absolute Gasteiger partial charge is 0.248 e. The summed E-state index contributed by atoms with van der Waals surface area (Å²) in [5.74, 6) is -0.0976. The van der Waals surface area contributed by atoms with E-state index in [1.807, 2.05) is 16.9 Å². The lowest BCUT2D eigenvalue weighted by Crippen LogP contribution is -2.69. The summed E-state index contributed by atoms with van der Waals surface area (Å²) >= 11 is 1.51. The average molecular weight is 372 g/mol. The summed E-state index contributed by atoms with van der Waals surface area (Å²) in [5, 5.41) is 14.6. The van der Waals surface area contributed by atoms with E-state index in [1.165, 1.54) is 16.7 Å². The van der Waals surface area contributed by atoms with Gasteiger partial charge in [0.2, 0.25) is 5.91 Å². The van der Waals surface area contributed by atoms with Gasteiger partial charge in [-0.05, 0) is 6.42 Å². The van der Waals surface area contributed by atoms with Crippen LogP contribution in [0.3, 0.4) is 0 Å². The molecule has 1 aromatic heterocycles. The quantitative estimate of drug-likeness (QED) is 0.482. The van der Waals surface area contributed by atoms with Crippen LogP contribution in [0.5, 0.6) is 0 Å². The summed E-state index contributed by atoms with van der Waals surface area (Å²) in [5.41, 5.74) is 6.42. The average Bonchev–Trinajstić information content (AvgIpc) is 2.96. The predicted molar refractivity (Wildman–Crippen MR) is 88.1 cm³/mol. The lowest BCUT2D eigenvalue weighted by atomic mass is 10.0. The van der Waals surface area contributed by atoms with Gasteiger partial charge < -0.3 is 21.0 Å².